The van der Waals surface area contributed by atoms with Crippen LogP contribution in [0.5, 0.6) is 0 Å². The molecule has 0 bridgehead atoms. The highest BCUT2D eigenvalue weighted by atomic mass is 33.1. The number of nitrogens with two attached hydrogens (primary N) is 1. The monoisotopic (exact) mass is 2240 g/mol. The van der Waals surface area contributed by atoms with Crippen LogP contribution in [0.3, 0.4) is 0 Å². The summed E-state index contributed by atoms with van der Waals surface area (Å²) in [6, 6.07) is 41.8. The molecule has 12 rings (SSSR count). The van der Waals surface area contributed by atoms with E-state index in [0.717, 1.165) is 55.4 Å². The summed E-state index contributed by atoms with van der Waals surface area (Å²) in [5.41, 5.74) is 4.94. The summed E-state index contributed by atoms with van der Waals surface area (Å²) in [6.07, 6.45) is -13.3. The number of aliphatic hydroxyl groups is 5. The van der Waals surface area contributed by atoms with Crippen molar-refractivity contribution in [1.82, 2.24) is 33.3 Å². The number of benzene rings is 4. The third-order valence-corrected chi connectivity index (χ3v) is 36.7. The minimum absolute atomic E-state index is 0.0274. The smallest absolute Gasteiger partial charge is 0.457 e. The second kappa shape index (κ2) is 60.8. The zero-order valence-corrected chi connectivity index (χ0v) is 89.6. The number of halogens is 3. The summed E-state index contributed by atoms with van der Waals surface area (Å²) in [5.74, 6) is -0.600. The second-order valence-corrected chi connectivity index (χ2v) is 48.0. The molecule has 4 aromatic carbocycles. The number of ketones is 2. The van der Waals surface area contributed by atoms with Crippen molar-refractivity contribution >= 4 is 138 Å². The molecule has 53 heteroatoms. The molecule has 5 saturated heterocycles. The van der Waals surface area contributed by atoms with Crippen molar-refractivity contribution in [2.24, 2.45) is 11.8 Å². The highest BCUT2D eigenvalue weighted by Crippen LogP contribution is 2.55. The van der Waals surface area contributed by atoms with E-state index in [9.17, 15) is 82.3 Å². The fourth-order valence-electron chi connectivity index (χ4n) is 15.4. The fraction of sp³-hybridized carbons (Fsp3) is 0.543. The van der Waals surface area contributed by atoms with E-state index in [2.05, 4.69) is 27.9 Å². The molecule has 7 unspecified atom stereocenters. The number of anilines is 1. The molecule has 5 aliphatic heterocycles. The number of nitrogen functional groups attached to an aromatic ring is 1. The number of ether oxygens (including phenoxy) is 7. The number of phosphoric ester groups is 2. The van der Waals surface area contributed by atoms with E-state index < -0.39 is 191 Å². The zero-order chi connectivity index (χ0) is 107. The Kier molecular flexibility index (Phi) is 50.2. The minimum atomic E-state index is -4.51. The van der Waals surface area contributed by atoms with E-state index in [0.29, 0.717) is 35.0 Å². The molecule has 147 heavy (non-hydrogen) atoms. The van der Waals surface area contributed by atoms with Crippen LogP contribution in [0.4, 0.5) is 19.0 Å². The number of Topliss-reactive ketones (excluding diaryl/α,β-unsaturated/α-hetero) is 2. The van der Waals surface area contributed by atoms with Crippen molar-refractivity contribution in [3.63, 3.8) is 0 Å². The van der Waals surface area contributed by atoms with Gasteiger partial charge in [0, 0.05) is 77.7 Å². The molecule has 0 spiro atoms. The lowest BCUT2D eigenvalue weighted by Crippen LogP contribution is -2.59. The van der Waals surface area contributed by atoms with E-state index in [1.165, 1.54) is 99.0 Å². The van der Waals surface area contributed by atoms with Crippen LogP contribution >= 0.6 is 103 Å². The van der Waals surface area contributed by atoms with Crippen molar-refractivity contribution < 1.29 is 142 Å². The number of thioether (sulfide) groups is 3. The number of hydrogen-bond donors (Lipinski definition) is 7. The number of aliphatic hydroxyl groups excluding tert-OH is 5. The number of nitrogens with zero attached hydrogens (tertiary/aromatic N) is 9. The Morgan fingerprint density at radius 2 is 0.939 bits per heavy atom. The first-order valence-corrected chi connectivity index (χ1v) is 58.6. The van der Waals surface area contributed by atoms with Gasteiger partial charge >= 0.3 is 50.6 Å². The number of alkyl halides is 3. The molecule has 8 heterocycles. The van der Waals surface area contributed by atoms with Crippen LogP contribution in [0.15, 0.2) is 173 Å². The Morgan fingerprint density at radius 3 is 1.41 bits per heavy atom. The zero-order valence-electron chi connectivity index (χ0n) is 81.2. The average molecular weight is 2240 g/mol. The fourth-order valence-corrected chi connectivity index (χ4v) is 27.2. The van der Waals surface area contributed by atoms with Crippen LogP contribution in [0.25, 0.3) is 0 Å². The summed E-state index contributed by atoms with van der Waals surface area (Å²) >= 11 is 2.88. The Balaban J connectivity index is 0.000000233. The van der Waals surface area contributed by atoms with Gasteiger partial charge in [-0.2, -0.15) is 25.5 Å². The first-order chi connectivity index (χ1) is 70.4. The lowest BCUT2D eigenvalue weighted by Gasteiger charge is -2.43. The molecule has 804 valence electrons. The highest BCUT2D eigenvalue weighted by Gasteiger charge is 2.53. The summed E-state index contributed by atoms with van der Waals surface area (Å²) < 4.78 is 157. The number of rotatable bonds is 52. The molecule has 8 N–H and O–H groups in total. The molecule has 40 nitrogen and oxygen atoms in total. The van der Waals surface area contributed by atoms with Crippen molar-refractivity contribution in [1.29, 1.82) is 10.5 Å². The number of aromatic nitrogens is 6. The summed E-state index contributed by atoms with van der Waals surface area (Å²) in [4.78, 5) is 123. The largest absolute Gasteiger partial charge is 0.474 e. The van der Waals surface area contributed by atoms with Gasteiger partial charge in [0.05, 0.1) is 148 Å². The molecule has 0 aliphatic carbocycles. The van der Waals surface area contributed by atoms with E-state index in [1.54, 1.807) is 109 Å². The Bertz CT molecular complexity index is 5720. The SMILES string of the molecule is CC(C)N(C(C)C)P(OCCC#N)OC[C@H]1S[C@@H](n2ccc(CC(=O)c3ccccc3)nc2=O)[C@@H](F)[C@@H]1OC(=O)c1ccccc1.CCC1O[C@@H](OCCSSCCOP(=O)(OCCC#N)OC[C@H]2S[C@@H](n3ccc(CC(=O)c4ccccc4)nc3=O)[C@@H](F)[C@@H]2OC(=O)c2ccccc2)C(OC(C)=O)[C@@H](C)[C@@H]1C.Nc1ccn([C@@H]2S[C@H](COP(=O)(O)OCCSSCCO[C@@H]3OC(CO)[C@@H](O)[C@H](O)C3O)[C@@H](O)[C@@H]2F)c(=O)n1. The topological polar surface area (TPSA) is 552 Å². The molecular weight excluding hydrogens is 2120 g/mol. The van der Waals surface area contributed by atoms with Gasteiger partial charge in [0.15, 0.2) is 61.0 Å². The minimum Gasteiger partial charge on any atom is -0.457 e. The number of phosphoric acid groups is 2. The third kappa shape index (κ3) is 36.0. The maximum atomic E-state index is 16.5. The molecule has 5 fully saturated rings. The van der Waals surface area contributed by atoms with Gasteiger partial charge in [-0.1, -0.05) is 161 Å². The lowest BCUT2D eigenvalue weighted by molar-refractivity contribution is -0.299. The molecule has 7 aromatic rings. The lowest BCUT2D eigenvalue weighted by atomic mass is 9.82. The van der Waals surface area contributed by atoms with E-state index in [1.807, 2.05) is 52.3 Å². The predicted molar refractivity (Wildman–Crippen MR) is 549 cm³/mol. The van der Waals surface area contributed by atoms with Gasteiger partial charge in [0.2, 0.25) is 0 Å². The third-order valence-electron chi connectivity index (χ3n) is 22.9. The van der Waals surface area contributed by atoms with Crippen molar-refractivity contribution in [3.8, 4) is 12.1 Å². The van der Waals surface area contributed by atoms with Gasteiger partial charge in [0.1, 0.15) is 52.5 Å². The Morgan fingerprint density at radius 1 is 0.510 bits per heavy atom. The van der Waals surface area contributed by atoms with Crippen LogP contribution in [-0.4, -0.2) is 296 Å². The molecule has 3 aromatic heterocycles. The molecule has 0 saturated carbocycles. The van der Waals surface area contributed by atoms with Crippen LogP contribution in [0.1, 0.15) is 144 Å². The maximum absolute atomic E-state index is 16.5. The molecule has 5 aliphatic rings. The van der Waals surface area contributed by atoms with E-state index in [4.69, 9.17) is 81.1 Å². The number of hydrogen-bond acceptors (Lipinski definition) is 43. The molecule has 0 amide bonds. The first kappa shape index (κ1) is 121. The second-order valence-electron chi connectivity index (χ2n) is 33.9. The molecule has 25 atom stereocenters. The standard InChI is InChI=1S/C42H51FN3O12PS3.C33H38FN4O6PS.C19H31FN3O12PS3/c1-5-34-27(2)28(3)37(56-29(4)47)41(57-34)52-21-23-60-61-24-22-54-59(51,53-20-12-18-44)55-26-35-38(58-40(49)31-15-10-7-11-16-31)36(43)39(62-35)46-19-17-32(45-42(46)50)25-33(48)30-13-8-6-9-14-30;1-22(2)38(23(3)4)45(42-19-11-17-35)43-21-28-30(44-32(40)25-14-9-6-10-15-25)29(34)31(46-28)37-18-16-26(36-33(37)41)20-27(39)24-12-7-5-8-13-24;20-12-14(26)10(39-17(12)23-2-1-11(21)22-19(23)29)8-34-36(30,31)33-4-6-38-37-5-3-32-18-16(28)15(27)13(25)9(7-24)35-18/h6-11,13-17,19,27-28,34-39,41H,5,12,20-26H2,1-4H3;5-10,12-16,18,22-23,28-31H,11,19-21H2,1-4H3;1-2,9-10,12-18,24-28H,3-8H2,(H,30,31)(H2,21,22,29)/t27-,28-,34?,35+,36-,37?,38+,39+,41+,59?;28-,29+,30-,31-,45?;9?,10-,12+,13-,14-,15+,16?,17-,18-/m011/s1. The van der Waals surface area contributed by atoms with Crippen molar-refractivity contribution in [2.75, 3.05) is 94.8 Å². The van der Waals surface area contributed by atoms with Crippen molar-refractivity contribution in [2.45, 2.75) is 217 Å². The predicted octanol–water partition coefficient (Wildman–Crippen LogP) is 12.3. The summed E-state index contributed by atoms with van der Waals surface area (Å²) in [5, 5.41) is 60.8. The number of carbonyl (C=O) groups is 5. The van der Waals surface area contributed by atoms with Crippen molar-refractivity contribution in [3.05, 3.63) is 223 Å². The molecular formula is C94H120F3N10O30P3S7. The van der Waals surface area contributed by atoms with Crippen LogP contribution in [-0.2, 0) is 91.6 Å². The number of nitriles is 2. The van der Waals surface area contributed by atoms with E-state index >= 15 is 8.78 Å². The van der Waals surface area contributed by atoms with Gasteiger partial charge < -0.3 is 78.4 Å². The normalized spacial score (nSPS) is 26.3. The van der Waals surface area contributed by atoms with Gasteiger partial charge in [-0.15, -0.1) is 35.3 Å². The summed E-state index contributed by atoms with van der Waals surface area (Å²) in [6.45, 7) is 13.9. The maximum Gasteiger partial charge on any atom is 0.474 e. The first-order valence-electron chi connectivity index (χ1n) is 46.7. The van der Waals surface area contributed by atoms with Gasteiger partial charge in [-0.05, 0) is 82.5 Å². The molecule has 0 radical (unpaired) electrons. The number of carbonyl (C=O) groups excluding carboxylic acids is 5. The van der Waals surface area contributed by atoms with Gasteiger partial charge in [0.25, 0.3) is 8.53 Å². The van der Waals surface area contributed by atoms with Crippen LogP contribution < -0.4 is 22.8 Å². The highest BCUT2D eigenvalue weighted by molar-refractivity contribution is 8.77. The van der Waals surface area contributed by atoms with Gasteiger partial charge in [-0.25, -0.2) is 50.9 Å². The Labute approximate surface area is 876 Å². The quantitative estimate of drug-likeness (QED) is 0.00465. The van der Waals surface area contributed by atoms with E-state index in [-0.39, 0.29) is 141 Å². The van der Waals surface area contributed by atoms with Crippen LogP contribution in [0, 0.1) is 34.5 Å². The number of esters is 3. The summed E-state index contributed by atoms with van der Waals surface area (Å²) in [7, 11) is -5.02. The van der Waals surface area contributed by atoms with Gasteiger partial charge in [-0.3, -0.25) is 50.7 Å². The Hall–Kier alpha value is -7.54. The van der Waals surface area contributed by atoms with Crippen LogP contribution in [0.2, 0.25) is 0 Å². The average Bonchev–Trinajstić information content (AvgIpc) is 1.55.